The summed E-state index contributed by atoms with van der Waals surface area (Å²) in [5.74, 6) is -0.996. The van der Waals surface area contributed by atoms with Gasteiger partial charge in [0.05, 0.1) is 10.9 Å². The molecule has 1 aromatic carbocycles. The summed E-state index contributed by atoms with van der Waals surface area (Å²) in [6.07, 6.45) is 0.945. The van der Waals surface area contributed by atoms with Gasteiger partial charge in [-0.3, -0.25) is 4.79 Å². The van der Waals surface area contributed by atoms with Crippen molar-refractivity contribution in [1.82, 2.24) is 4.31 Å². The minimum absolute atomic E-state index is 0.0314. The second kappa shape index (κ2) is 6.42. The predicted molar refractivity (Wildman–Crippen MR) is 86.2 cm³/mol. The number of carboxylic acids is 1. The van der Waals surface area contributed by atoms with Crippen molar-refractivity contribution in [2.24, 2.45) is 5.92 Å². The maximum Gasteiger partial charge on any atom is 0.308 e. The molecular formula is C15H18ClNO6S. The van der Waals surface area contributed by atoms with Crippen LogP contribution >= 0.6 is 11.6 Å². The molecular weight excluding hydrogens is 358 g/mol. The molecule has 1 fully saturated rings. The monoisotopic (exact) mass is 375 g/mol. The Bertz CT molecular complexity index is 765. The predicted octanol–water partition coefficient (Wildman–Crippen LogP) is 1.98. The van der Waals surface area contributed by atoms with Gasteiger partial charge >= 0.3 is 5.97 Å². The number of carbonyl (C=O) groups is 1. The molecule has 7 nitrogen and oxygen atoms in total. The van der Waals surface area contributed by atoms with E-state index in [9.17, 15) is 18.3 Å². The first-order valence-electron chi connectivity index (χ1n) is 7.66. The van der Waals surface area contributed by atoms with Gasteiger partial charge in [0.2, 0.25) is 10.0 Å². The average Bonchev–Trinajstić information content (AvgIpc) is 2.53. The fourth-order valence-electron chi connectivity index (χ4n) is 3.15. The molecule has 132 valence electrons. The van der Waals surface area contributed by atoms with Gasteiger partial charge in [0, 0.05) is 24.7 Å². The molecule has 0 aromatic heterocycles. The molecule has 0 aliphatic carbocycles. The first-order valence-corrected chi connectivity index (χ1v) is 9.48. The molecule has 0 unspecified atom stereocenters. The van der Waals surface area contributed by atoms with Crippen molar-refractivity contribution in [3.8, 4) is 11.5 Å². The minimum atomic E-state index is -3.94. The number of benzene rings is 1. The lowest BCUT2D eigenvalue weighted by Gasteiger charge is -2.36. The fraction of sp³-hybridized carbons (Fsp3) is 0.533. The summed E-state index contributed by atoms with van der Waals surface area (Å²) in [5.41, 5.74) is 0. The number of hydrogen-bond donors (Lipinski definition) is 1. The molecule has 2 aliphatic heterocycles. The van der Waals surface area contributed by atoms with Crippen LogP contribution < -0.4 is 9.47 Å². The number of halogens is 1. The molecule has 1 N–H and O–H groups in total. The quantitative estimate of drug-likeness (QED) is 0.868. The molecule has 2 heterocycles. The van der Waals surface area contributed by atoms with Gasteiger partial charge in [-0.05, 0) is 19.8 Å². The highest BCUT2D eigenvalue weighted by Crippen LogP contribution is 2.39. The Kier molecular flexibility index (Phi) is 4.63. The summed E-state index contributed by atoms with van der Waals surface area (Å²) < 4.78 is 38.1. The zero-order chi connectivity index (χ0) is 17.5. The number of sulfonamides is 1. The van der Waals surface area contributed by atoms with Gasteiger partial charge in [0.1, 0.15) is 18.1 Å². The van der Waals surface area contributed by atoms with Crippen molar-refractivity contribution in [2.45, 2.75) is 30.7 Å². The van der Waals surface area contributed by atoms with Crippen molar-refractivity contribution >= 4 is 27.6 Å². The zero-order valence-electron chi connectivity index (χ0n) is 13.1. The van der Waals surface area contributed by atoms with Crippen LogP contribution in [0.15, 0.2) is 17.0 Å². The number of piperidine rings is 1. The van der Waals surface area contributed by atoms with Crippen molar-refractivity contribution in [3.05, 3.63) is 17.2 Å². The van der Waals surface area contributed by atoms with E-state index in [0.29, 0.717) is 37.6 Å². The summed E-state index contributed by atoms with van der Waals surface area (Å²) in [5, 5.41) is 9.32. The third-order valence-electron chi connectivity index (χ3n) is 4.43. The van der Waals surface area contributed by atoms with Gasteiger partial charge in [-0.25, -0.2) is 8.42 Å². The number of hydrogen-bond acceptors (Lipinski definition) is 5. The Morgan fingerprint density at radius 3 is 2.54 bits per heavy atom. The van der Waals surface area contributed by atoms with Crippen molar-refractivity contribution in [3.63, 3.8) is 0 Å². The molecule has 2 aliphatic rings. The van der Waals surface area contributed by atoms with Crippen LogP contribution in [-0.2, 0) is 14.8 Å². The molecule has 3 rings (SSSR count). The molecule has 0 amide bonds. The van der Waals surface area contributed by atoms with Crippen molar-refractivity contribution in [1.29, 1.82) is 0 Å². The van der Waals surface area contributed by atoms with E-state index in [-0.39, 0.29) is 16.5 Å². The first-order chi connectivity index (χ1) is 11.3. The van der Waals surface area contributed by atoms with E-state index < -0.39 is 28.0 Å². The normalized spacial score (nSPS) is 24.6. The van der Waals surface area contributed by atoms with E-state index in [4.69, 9.17) is 21.1 Å². The van der Waals surface area contributed by atoms with Gasteiger partial charge in [0.15, 0.2) is 11.5 Å². The molecule has 1 aromatic rings. The van der Waals surface area contributed by atoms with E-state index in [2.05, 4.69) is 0 Å². The maximum absolute atomic E-state index is 13.0. The standard InChI is InChI=1S/C15H18ClNO6S/c1-9-10(15(18)19)3-2-4-17(9)24(20,21)14-8-13-12(7-11(14)16)22-5-6-23-13/h7-10H,2-6H2,1H3,(H,18,19)/t9-,10-/m1/s1. The Balaban J connectivity index is 2.00. The minimum Gasteiger partial charge on any atom is -0.486 e. The molecule has 2 atom stereocenters. The van der Waals surface area contributed by atoms with Gasteiger partial charge in [-0.1, -0.05) is 11.6 Å². The van der Waals surface area contributed by atoms with Crippen LogP contribution in [0.4, 0.5) is 0 Å². The van der Waals surface area contributed by atoms with Crippen LogP contribution in [0.2, 0.25) is 5.02 Å². The van der Waals surface area contributed by atoms with E-state index in [1.165, 1.54) is 16.4 Å². The van der Waals surface area contributed by atoms with E-state index in [1.54, 1.807) is 6.92 Å². The van der Waals surface area contributed by atoms with Gasteiger partial charge in [0.25, 0.3) is 0 Å². The van der Waals surface area contributed by atoms with Gasteiger partial charge < -0.3 is 14.6 Å². The summed E-state index contributed by atoms with van der Waals surface area (Å²) in [6, 6.07) is 2.13. The summed E-state index contributed by atoms with van der Waals surface area (Å²) >= 11 is 6.15. The number of nitrogens with zero attached hydrogens (tertiary/aromatic N) is 1. The molecule has 0 radical (unpaired) electrons. The van der Waals surface area contributed by atoms with Crippen LogP contribution in [0.5, 0.6) is 11.5 Å². The summed E-state index contributed by atoms with van der Waals surface area (Å²) in [6.45, 7) is 2.58. The average molecular weight is 376 g/mol. The lowest BCUT2D eigenvalue weighted by atomic mass is 9.92. The molecule has 0 saturated carbocycles. The molecule has 9 heteroatoms. The Morgan fingerprint density at radius 1 is 1.29 bits per heavy atom. The lowest BCUT2D eigenvalue weighted by Crippen LogP contribution is -2.49. The van der Waals surface area contributed by atoms with E-state index >= 15 is 0 Å². The van der Waals surface area contributed by atoms with Crippen LogP contribution in [0.25, 0.3) is 0 Å². The van der Waals surface area contributed by atoms with E-state index in [1.807, 2.05) is 0 Å². The summed E-state index contributed by atoms with van der Waals surface area (Å²) in [4.78, 5) is 11.3. The van der Waals surface area contributed by atoms with Gasteiger partial charge in [-0.15, -0.1) is 0 Å². The number of fused-ring (bicyclic) bond motifs is 1. The molecule has 1 saturated heterocycles. The smallest absolute Gasteiger partial charge is 0.308 e. The van der Waals surface area contributed by atoms with Crippen LogP contribution in [0.3, 0.4) is 0 Å². The van der Waals surface area contributed by atoms with Crippen LogP contribution in [-0.4, -0.2) is 49.6 Å². The number of aliphatic carboxylic acids is 1. The largest absolute Gasteiger partial charge is 0.486 e. The SMILES string of the molecule is C[C@@H]1[C@H](C(=O)O)CCCN1S(=O)(=O)c1cc2c(cc1Cl)OCCO2. The topological polar surface area (TPSA) is 93.1 Å². The second-order valence-corrected chi connectivity index (χ2v) is 8.14. The third-order valence-corrected chi connectivity index (χ3v) is 6.88. The Morgan fingerprint density at radius 2 is 1.92 bits per heavy atom. The highest BCUT2D eigenvalue weighted by atomic mass is 35.5. The fourth-order valence-corrected chi connectivity index (χ4v) is 5.37. The Labute approximate surface area is 145 Å². The molecule has 0 spiro atoms. The summed E-state index contributed by atoms with van der Waals surface area (Å²) in [7, 11) is -3.94. The van der Waals surface area contributed by atoms with Crippen LogP contribution in [0, 0.1) is 5.92 Å². The van der Waals surface area contributed by atoms with Crippen LogP contribution in [0.1, 0.15) is 19.8 Å². The molecule has 24 heavy (non-hydrogen) atoms. The van der Waals surface area contributed by atoms with Crippen molar-refractivity contribution in [2.75, 3.05) is 19.8 Å². The highest BCUT2D eigenvalue weighted by molar-refractivity contribution is 7.89. The number of carboxylic acid groups (broad SMARTS) is 1. The maximum atomic E-state index is 13.0. The van der Waals surface area contributed by atoms with E-state index in [0.717, 1.165) is 0 Å². The first kappa shape index (κ1) is 17.3. The third kappa shape index (κ3) is 2.94. The number of ether oxygens (including phenoxy) is 2. The number of rotatable bonds is 3. The lowest BCUT2D eigenvalue weighted by molar-refractivity contribution is -0.144. The second-order valence-electron chi connectivity index (χ2n) is 5.87. The molecule has 0 bridgehead atoms. The Hall–Kier alpha value is -1.51. The highest BCUT2D eigenvalue weighted by Gasteiger charge is 2.40. The van der Waals surface area contributed by atoms with Crippen molar-refractivity contribution < 1.29 is 27.8 Å². The van der Waals surface area contributed by atoms with Gasteiger partial charge in [-0.2, -0.15) is 4.31 Å². The zero-order valence-corrected chi connectivity index (χ0v) is 14.6.